The molecular formula is C15H23NO4S. The molecule has 0 heterocycles. The van der Waals surface area contributed by atoms with Gasteiger partial charge in [0.25, 0.3) is 0 Å². The van der Waals surface area contributed by atoms with Gasteiger partial charge in [-0.25, -0.2) is 8.42 Å². The standard InChI is InChI=1S/C15H23NO4S/c1-4-5-11-20-14-6-8-15(9-7-14)21(18,19)12-10-16(3)13(2)17/h6-9H,4-5,10-12H2,1-3H3. The van der Waals surface area contributed by atoms with E-state index in [9.17, 15) is 13.2 Å². The van der Waals surface area contributed by atoms with Crippen LogP contribution >= 0.6 is 0 Å². The van der Waals surface area contributed by atoms with Gasteiger partial charge in [0.2, 0.25) is 5.91 Å². The largest absolute Gasteiger partial charge is 0.494 e. The highest BCUT2D eigenvalue weighted by atomic mass is 32.2. The second kappa shape index (κ2) is 8.02. The minimum atomic E-state index is -3.38. The van der Waals surface area contributed by atoms with Gasteiger partial charge in [-0.1, -0.05) is 13.3 Å². The maximum Gasteiger partial charge on any atom is 0.219 e. The van der Waals surface area contributed by atoms with Crippen molar-refractivity contribution in [3.8, 4) is 5.75 Å². The third kappa shape index (κ3) is 5.75. The molecule has 1 amide bonds. The molecule has 0 aliphatic rings. The number of sulfone groups is 1. The van der Waals surface area contributed by atoms with Crippen LogP contribution in [0.2, 0.25) is 0 Å². The summed E-state index contributed by atoms with van der Waals surface area (Å²) < 4.78 is 29.8. The number of nitrogens with zero attached hydrogens (tertiary/aromatic N) is 1. The van der Waals surface area contributed by atoms with Gasteiger partial charge in [0.05, 0.1) is 17.3 Å². The van der Waals surface area contributed by atoms with Crippen molar-refractivity contribution in [2.24, 2.45) is 0 Å². The SMILES string of the molecule is CCCCOc1ccc(S(=O)(=O)CCN(C)C(C)=O)cc1. The van der Waals surface area contributed by atoms with E-state index in [0.717, 1.165) is 12.8 Å². The number of rotatable bonds is 8. The summed E-state index contributed by atoms with van der Waals surface area (Å²) in [6.07, 6.45) is 2.02. The molecule has 5 nitrogen and oxygen atoms in total. The van der Waals surface area contributed by atoms with Crippen LogP contribution < -0.4 is 4.74 Å². The molecule has 0 aliphatic heterocycles. The van der Waals surface area contributed by atoms with Gasteiger partial charge in [-0.3, -0.25) is 4.79 Å². The molecule has 0 saturated carbocycles. The fourth-order valence-corrected chi connectivity index (χ4v) is 2.91. The molecule has 0 bridgehead atoms. The summed E-state index contributed by atoms with van der Waals surface area (Å²) in [6.45, 7) is 4.31. The van der Waals surface area contributed by atoms with E-state index in [-0.39, 0.29) is 23.1 Å². The van der Waals surface area contributed by atoms with Crippen LogP contribution in [0.25, 0.3) is 0 Å². The molecule has 0 fully saturated rings. The molecule has 0 radical (unpaired) electrons. The van der Waals surface area contributed by atoms with Crippen molar-refractivity contribution in [3.05, 3.63) is 24.3 Å². The normalized spacial score (nSPS) is 11.2. The maximum atomic E-state index is 12.2. The summed E-state index contributed by atoms with van der Waals surface area (Å²) in [7, 11) is -1.79. The Morgan fingerprint density at radius 1 is 1.24 bits per heavy atom. The second-order valence-corrected chi connectivity index (χ2v) is 7.04. The Labute approximate surface area is 126 Å². The summed E-state index contributed by atoms with van der Waals surface area (Å²) >= 11 is 0. The zero-order valence-corrected chi connectivity index (χ0v) is 13.6. The summed E-state index contributed by atoms with van der Waals surface area (Å²) in [5.41, 5.74) is 0. The highest BCUT2D eigenvalue weighted by molar-refractivity contribution is 7.91. The summed E-state index contributed by atoms with van der Waals surface area (Å²) in [6, 6.07) is 6.42. The summed E-state index contributed by atoms with van der Waals surface area (Å²) in [5, 5.41) is 0. The molecular weight excluding hydrogens is 290 g/mol. The maximum absolute atomic E-state index is 12.2. The molecule has 6 heteroatoms. The fourth-order valence-electron chi connectivity index (χ4n) is 1.61. The average Bonchev–Trinajstić information content (AvgIpc) is 2.45. The minimum Gasteiger partial charge on any atom is -0.494 e. The van der Waals surface area contributed by atoms with Crippen LogP contribution in [0.4, 0.5) is 0 Å². The molecule has 0 aromatic heterocycles. The molecule has 0 atom stereocenters. The Morgan fingerprint density at radius 3 is 2.38 bits per heavy atom. The number of benzene rings is 1. The third-order valence-corrected chi connectivity index (χ3v) is 4.89. The molecule has 1 rings (SSSR count). The van der Waals surface area contributed by atoms with Gasteiger partial charge in [0.15, 0.2) is 9.84 Å². The van der Waals surface area contributed by atoms with Crippen LogP contribution in [0.1, 0.15) is 26.7 Å². The number of carbonyl (C=O) groups excluding carboxylic acids is 1. The van der Waals surface area contributed by atoms with Gasteiger partial charge in [-0.05, 0) is 30.7 Å². The predicted octanol–water partition coefficient (Wildman–Crippen LogP) is 2.12. The number of hydrogen-bond acceptors (Lipinski definition) is 4. The second-order valence-electron chi connectivity index (χ2n) is 4.93. The van der Waals surface area contributed by atoms with Gasteiger partial charge in [-0.2, -0.15) is 0 Å². The van der Waals surface area contributed by atoms with Crippen molar-refractivity contribution in [3.63, 3.8) is 0 Å². The first-order valence-corrected chi connectivity index (χ1v) is 8.69. The Balaban J connectivity index is 2.64. The van der Waals surface area contributed by atoms with E-state index in [1.807, 2.05) is 0 Å². The van der Waals surface area contributed by atoms with Gasteiger partial charge < -0.3 is 9.64 Å². The summed E-state index contributed by atoms with van der Waals surface area (Å²) in [5.74, 6) is 0.437. The quantitative estimate of drug-likeness (QED) is 0.690. The number of unbranched alkanes of at least 4 members (excludes halogenated alkanes) is 1. The first-order valence-electron chi connectivity index (χ1n) is 7.04. The van der Waals surface area contributed by atoms with Crippen LogP contribution in [0.3, 0.4) is 0 Å². The van der Waals surface area contributed by atoms with Crippen LogP contribution in [0, 0.1) is 0 Å². The van der Waals surface area contributed by atoms with Crippen molar-refractivity contribution >= 4 is 15.7 Å². The lowest BCUT2D eigenvalue weighted by Crippen LogP contribution is -2.29. The lowest BCUT2D eigenvalue weighted by molar-refractivity contribution is -0.127. The Bertz CT molecular complexity index is 552. The highest BCUT2D eigenvalue weighted by Gasteiger charge is 2.16. The van der Waals surface area contributed by atoms with Crippen LogP contribution in [0.5, 0.6) is 5.75 Å². The molecule has 0 spiro atoms. The van der Waals surface area contributed by atoms with Crippen molar-refractivity contribution in [1.82, 2.24) is 4.90 Å². The van der Waals surface area contributed by atoms with Crippen LogP contribution in [-0.4, -0.2) is 45.2 Å². The first kappa shape index (κ1) is 17.5. The van der Waals surface area contributed by atoms with E-state index >= 15 is 0 Å². The molecule has 1 aromatic rings. The first-order chi connectivity index (χ1) is 9.86. The fraction of sp³-hybridized carbons (Fsp3) is 0.533. The molecule has 0 aliphatic carbocycles. The number of amides is 1. The zero-order chi connectivity index (χ0) is 15.9. The minimum absolute atomic E-state index is 0.0842. The molecule has 21 heavy (non-hydrogen) atoms. The van der Waals surface area contributed by atoms with E-state index in [0.29, 0.717) is 12.4 Å². The monoisotopic (exact) mass is 313 g/mol. The number of carbonyl (C=O) groups is 1. The molecule has 1 aromatic carbocycles. The van der Waals surface area contributed by atoms with E-state index in [1.165, 1.54) is 11.8 Å². The Morgan fingerprint density at radius 2 is 1.86 bits per heavy atom. The van der Waals surface area contributed by atoms with E-state index in [2.05, 4.69) is 6.92 Å². The lowest BCUT2D eigenvalue weighted by Gasteiger charge is -2.14. The van der Waals surface area contributed by atoms with Crippen molar-refractivity contribution in [2.45, 2.75) is 31.6 Å². The van der Waals surface area contributed by atoms with E-state index < -0.39 is 9.84 Å². The third-order valence-electron chi connectivity index (χ3n) is 3.18. The Kier molecular flexibility index (Phi) is 6.68. The van der Waals surface area contributed by atoms with Crippen molar-refractivity contribution < 1.29 is 17.9 Å². The number of hydrogen-bond donors (Lipinski definition) is 0. The van der Waals surface area contributed by atoms with Crippen LogP contribution in [0.15, 0.2) is 29.2 Å². The van der Waals surface area contributed by atoms with Crippen molar-refractivity contribution in [1.29, 1.82) is 0 Å². The molecule has 0 N–H and O–H groups in total. The average molecular weight is 313 g/mol. The molecule has 118 valence electrons. The molecule has 0 unspecified atom stereocenters. The molecule has 0 saturated heterocycles. The zero-order valence-electron chi connectivity index (χ0n) is 12.8. The van der Waals surface area contributed by atoms with E-state index in [4.69, 9.17) is 4.74 Å². The predicted molar refractivity (Wildman–Crippen MR) is 82.2 cm³/mol. The van der Waals surface area contributed by atoms with Crippen LogP contribution in [-0.2, 0) is 14.6 Å². The van der Waals surface area contributed by atoms with Crippen molar-refractivity contribution in [2.75, 3.05) is 26.0 Å². The number of ether oxygens (including phenoxy) is 1. The van der Waals surface area contributed by atoms with Gasteiger partial charge >= 0.3 is 0 Å². The lowest BCUT2D eigenvalue weighted by atomic mass is 10.3. The van der Waals surface area contributed by atoms with Gasteiger partial charge in [-0.15, -0.1) is 0 Å². The van der Waals surface area contributed by atoms with Gasteiger partial charge in [0.1, 0.15) is 5.75 Å². The smallest absolute Gasteiger partial charge is 0.219 e. The van der Waals surface area contributed by atoms with Gasteiger partial charge in [0, 0.05) is 20.5 Å². The van der Waals surface area contributed by atoms with E-state index in [1.54, 1.807) is 31.3 Å². The highest BCUT2D eigenvalue weighted by Crippen LogP contribution is 2.17. The summed E-state index contributed by atoms with van der Waals surface area (Å²) in [4.78, 5) is 12.7. The Hall–Kier alpha value is -1.56. The topological polar surface area (TPSA) is 63.7 Å².